The van der Waals surface area contributed by atoms with Crippen molar-refractivity contribution in [2.24, 2.45) is 0 Å². The van der Waals surface area contributed by atoms with Crippen LogP contribution in [0, 0.1) is 15.3 Å². The Morgan fingerprint density at radius 2 is 0.694 bits per heavy atom. The summed E-state index contributed by atoms with van der Waals surface area (Å²) >= 11 is 0. The second-order valence-electron chi connectivity index (χ2n) is 6.04. The molecule has 1 radical (unpaired) electrons. The van der Waals surface area contributed by atoms with Gasteiger partial charge in [0.25, 0.3) is 0 Å². The average Bonchev–Trinajstić information content (AvgIpc) is 2.80. The van der Waals surface area contributed by atoms with E-state index in [2.05, 4.69) is 19.9 Å². The Labute approximate surface area is 210 Å². The van der Waals surface area contributed by atoms with E-state index < -0.39 is 12.9 Å². The van der Waals surface area contributed by atoms with E-state index in [0.717, 1.165) is 22.8 Å². The second kappa shape index (κ2) is 13.4. The molecule has 0 aliphatic carbocycles. The minimum atomic E-state index is -10.7. The van der Waals surface area contributed by atoms with Gasteiger partial charge in [0, 0.05) is 24.8 Å². The average molecular weight is 583 g/mol. The summed E-state index contributed by atoms with van der Waals surface area (Å²) in [7, 11) is -10.7. The van der Waals surface area contributed by atoms with E-state index in [4.69, 9.17) is 15.3 Å². The Balaban J connectivity index is 0.000000484. The number of aromatic nitrogens is 4. The van der Waals surface area contributed by atoms with Gasteiger partial charge in [0.05, 0.1) is 27.9 Å². The normalized spacial score (nSPS) is 11.6. The molecule has 0 aliphatic heterocycles. The summed E-state index contributed by atoms with van der Waals surface area (Å²) in [6.07, 6.45) is 7.07. The monoisotopic (exact) mass is 582 g/mol. The summed E-state index contributed by atoms with van der Waals surface area (Å²) in [5.74, 6) is 0. The zero-order valence-corrected chi connectivity index (χ0v) is 19.6. The van der Waals surface area contributed by atoms with E-state index in [0.29, 0.717) is 0 Å². The van der Waals surface area contributed by atoms with Crippen LogP contribution in [0.2, 0.25) is 0 Å². The van der Waals surface area contributed by atoms with Crippen LogP contribution in [0.5, 0.6) is 0 Å². The van der Waals surface area contributed by atoms with Gasteiger partial charge < -0.3 is 15.3 Å². The molecular formula is C20H16CuF6N5O3P. The molecule has 36 heavy (non-hydrogen) atoms. The van der Waals surface area contributed by atoms with Crippen molar-refractivity contribution in [3.8, 4) is 22.8 Å². The number of rotatable bonds is 2. The predicted molar refractivity (Wildman–Crippen MR) is 119 cm³/mol. The third kappa shape index (κ3) is 19.8. The van der Waals surface area contributed by atoms with Crippen LogP contribution >= 0.6 is 7.81 Å². The first-order valence-corrected chi connectivity index (χ1v) is 11.2. The number of halogens is 6. The molecule has 0 aromatic carbocycles. The van der Waals surface area contributed by atoms with E-state index in [9.17, 15) is 25.2 Å². The van der Waals surface area contributed by atoms with E-state index >= 15 is 0 Å². The standard InChI is InChI=1S/2C10H8N2.Cu.F6P.NO3/c2*1-3-7-11-9(5-1)10-6-2-4-8-12-10;;1-7(2,3,4,5)6;2-1(3)4/h2*1-8H;;;/q;;+2;2*-1. The first-order valence-electron chi connectivity index (χ1n) is 9.14. The van der Waals surface area contributed by atoms with Crippen LogP contribution < -0.4 is 0 Å². The van der Waals surface area contributed by atoms with Crippen molar-refractivity contribution in [1.82, 2.24) is 19.9 Å². The molecule has 8 nitrogen and oxygen atoms in total. The topological polar surface area (TPSA) is 118 Å². The molecule has 4 heterocycles. The molecule has 0 unspecified atom stereocenters. The minimum Gasteiger partial charge on any atom is -0.356 e. The molecule has 0 aliphatic rings. The van der Waals surface area contributed by atoms with Crippen molar-refractivity contribution in [3.63, 3.8) is 0 Å². The molecule has 4 rings (SSSR count). The Bertz CT molecular complexity index is 1000. The number of hydrogen-bond donors (Lipinski definition) is 0. The molecule has 0 bridgehead atoms. The van der Waals surface area contributed by atoms with Gasteiger partial charge in [0.2, 0.25) is 0 Å². The Hall–Kier alpha value is -3.67. The van der Waals surface area contributed by atoms with Gasteiger partial charge in [-0.15, -0.1) is 0 Å². The number of hydrogen-bond acceptors (Lipinski definition) is 7. The number of nitrogens with zero attached hydrogens (tertiary/aromatic N) is 5. The zero-order valence-electron chi connectivity index (χ0n) is 17.7. The molecule has 4 aromatic rings. The van der Waals surface area contributed by atoms with Gasteiger partial charge >= 0.3 is 50.1 Å². The van der Waals surface area contributed by atoms with Crippen LogP contribution in [0.15, 0.2) is 97.6 Å². The summed E-state index contributed by atoms with van der Waals surface area (Å²) in [5.41, 5.74) is 3.66. The third-order valence-corrected chi connectivity index (χ3v) is 3.18. The molecule has 16 heteroatoms. The molecule has 0 amide bonds. The van der Waals surface area contributed by atoms with E-state index in [1.807, 2.05) is 72.8 Å². The summed E-state index contributed by atoms with van der Waals surface area (Å²) in [6, 6.07) is 23.2. The maximum atomic E-state index is 9.87. The van der Waals surface area contributed by atoms with Crippen LogP contribution in [0.3, 0.4) is 0 Å². The van der Waals surface area contributed by atoms with Gasteiger partial charge in [0.1, 0.15) is 0 Å². The fourth-order valence-electron chi connectivity index (χ4n) is 2.06. The molecule has 197 valence electrons. The second-order valence-corrected chi connectivity index (χ2v) is 7.96. The molecule has 0 saturated carbocycles. The molecule has 0 fully saturated rings. The van der Waals surface area contributed by atoms with Crippen molar-refractivity contribution in [2.75, 3.05) is 0 Å². The van der Waals surface area contributed by atoms with Gasteiger partial charge in [-0.2, -0.15) is 0 Å². The molecule has 4 aromatic heterocycles. The SMILES string of the molecule is F[P-](F)(F)(F)(F)F.O=[N+]([O-])[O-].[Cu+2].c1ccc(-c2ccccn2)nc1.c1ccc(-c2ccccn2)nc1. The van der Waals surface area contributed by atoms with E-state index in [1.54, 1.807) is 24.8 Å². The fraction of sp³-hybridized carbons (Fsp3) is 0. The fourth-order valence-corrected chi connectivity index (χ4v) is 2.06. The molecule has 0 atom stereocenters. The zero-order chi connectivity index (χ0) is 26.4. The van der Waals surface area contributed by atoms with Crippen LogP contribution in [-0.2, 0) is 17.1 Å². The molecule has 0 N–H and O–H groups in total. The van der Waals surface area contributed by atoms with Crippen molar-refractivity contribution < 1.29 is 47.3 Å². The van der Waals surface area contributed by atoms with Crippen LogP contribution in [0.25, 0.3) is 22.8 Å². The first-order chi connectivity index (χ1) is 16.1. The van der Waals surface area contributed by atoms with E-state index in [1.165, 1.54) is 0 Å². The van der Waals surface area contributed by atoms with Gasteiger partial charge in [-0.05, 0) is 48.5 Å². The summed E-state index contributed by atoms with van der Waals surface area (Å²) in [4.78, 5) is 25.0. The van der Waals surface area contributed by atoms with Crippen LogP contribution in [0.1, 0.15) is 0 Å². The maximum absolute atomic E-state index is 10.7. The number of pyridine rings is 4. The van der Waals surface area contributed by atoms with Gasteiger partial charge in [-0.3, -0.25) is 19.9 Å². The van der Waals surface area contributed by atoms with Gasteiger partial charge in [0.15, 0.2) is 0 Å². The maximum Gasteiger partial charge on any atom is 2.00 e. The van der Waals surface area contributed by atoms with Crippen LogP contribution in [-0.4, -0.2) is 25.0 Å². The van der Waals surface area contributed by atoms with Crippen molar-refractivity contribution >= 4 is 7.81 Å². The Kier molecular flexibility index (Phi) is 12.1. The summed E-state index contributed by atoms with van der Waals surface area (Å²) in [6.45, 7) is 0. The first kappa shape index (κ1) is 32.3. The largest absolute Gasteiger partial charge is 2.00 e. The van der Waals surface area contributed by atoms with Gasteiger partial charge in [-0.1, -0.05) is 24.3 Å². The van der Waals surface area contributed by atoms with Gasteiger partial charge in [-0.25, -0.2) is 0 Å². The summed E-state index contributed by atoms with van der Waals surface area (Å²) < 4.78 is 59.2. The Morgan fingerprint density at radius 3 is 0.806 bits per heavy atom. The molecule has 0 spiro atoms. The van der Waals surface area contributed by atoms with E-state index in [-0.39, 0.29) is 17.1 Å². The quantitative estimate of drug-likeness (QED) is 0.0793. The third-order valence-electron chi connectivity index (χ3n) is 3.18. The summed E-state index contributed by atoms with van der Waals surface area (Å²) in [5, 5.41) is 14.8. The van der Waals surface area contributed by atoms with Crippen molar-refractivity contribution in [3.05, 3.63) is 113 Å². The Morgan fingerprint density at radius 1 is 0.528 bits per heavy atom. The van der Waals surface area contributed by atoms with Crippen molar-refractivity contribution in [1.29, 1.82) is 0 Å². The smallest absolute Gasteiger partial charge is 0.356 e. The minimum absolute atomic E-state index is 0. The predicted octanol–water partition coefficient (Wildman–Crippen LogP) is 7.43. The van der Waals surface area contributed by atoms with Crippen LogP contribution in [0.4, 0.5) is 25.2 Å². The molecular weight excluding hydrogens is 567 g/mol. The molecule has 0 saturated heterocycles. The van der Waals surface area contributed by atoms with Crippen molar-refractivity contribution in [2.45, 2.75) is 0 Å².